The summed E-state index contributed by atoms with van der Waals surface area (Å²) in [4.78, 5) is 8.00. The molecule has 0 spiro atoms. The second-order valence-electron chi connectivity index (χ2n) is 3.99. The summed E-state index contributed by atoms with van der Waals surface area (Å²) in [7, 11) is 0. The molecule has 0 aliphatic carbocycles. The maximum atomic E-state index is 12.9. The van der Waals surface area contributed by atoms with E-state index in [-0.39, 0.29) is 5.82 Å². The highest BCUT2D eigenvalue weighted by molar-refractivity contribution is 5.39. The summed E-state index contributed by atoms with van der Waals surface area (Å²) in [5.74, 6) is 5.58. The van der Waals surface area contributed by atoms with Crippen molar-refractivity contribution in [1.82, 2.24) is 19.7 Å². The van der Waals surface area contributed by atoms with Crippen LogP contribution in [0.2, 0.25) is 0 Å². The molecule has 0 aliphatic rings. The second kappa shape index (κ2) is 5.33. The third-order valence-corrected chi connectivity index (χ3v) is 2.57. The molecule has 4 nitrogen and oxygen atoms in total. The molecule has 0 fully saturated rings. The number of halogens is 1. The molecule has 20 heavy (non-hydrogen) atoms. The Balaban J connectivity index is 1.84. The standard InChI is InChI=1S/C15H9FN4/c16-13-2-5-15(6-3-13)20-11-12(9-19-20)1-4-14-10-17-7-8-18-14/h2-3,5-11H. The van der Waals surface area contributed by atoms with Gasteiger partial charge in [-0.25, -0.2) is 14.1 Å². The van der Waals surface area contributed by atoms with Gasteiger partial charge in [0.25, 0.3) is 0 Å². The number of hydrogen-bond donors (Lipinski definition) is 0. The van der Waals surface area contributed by atoms with Gasteiger partial charge in [-0.1, -0.05) is 5.92 Å². The second-order valence-corrected chi connectivity index (χ2v) is 3.99. The molecule has 1 aromatic carbocycles. The Morgan fingerprint density at radius 3 is 2.60 bits per heavy atom. The van der Waals surface area contributed by atoms with Crippen molar-refractivity contribution in [2.24, 2.45) is 0 Å². The van der Waals surface area contributed by atoms with Gasteiger partial charge in [0, 0.05) is 18.6 Å². The van der Waals surface area contributed by atoms with Crippen molar-refractivity contribution in [2.75, 3.05) is 0 Å². The molecule has 2 heterocycles. The van der Waals surface area contributed by atoms with Crippen LogP contribution < -0.4 is 0 Å². The van der Waals surface area contributed by atoms with E-state index in [0.29, 0.717) is 5.69 Å². The average Bonchev–Trinajstić information content (AvgIpc) is 2.96. The Morgan fingerprint density at radius 2 is 1.85 bits per heavy atom. The molecular weight excluding hydrogens is 255 g/mol. The monoisotopic (exact) mass is 264 g/mol. The van der Waals surface area contributed by atoms with Gasteiger partial charge >= 0.3 is 0 Å². The molecule has 0 saturated carbocycles. The van der Waals surface area contributed by atoms with E-state index < -0.39 is 0 Å². The lowest BCUT2D eigenvalue weighted by Gasteiger charge is -1.99. The minimum atomic E-state index is -0.274. The van der Waals surface area contributed by atoms with E-state index in [1.165, 1.54) is 12.1 Å². The lowest BCUT2D eigenvalue weighted by atomic mass is 10.3. The zero-order valence-corrected chi connectivity index (χ0v) is 10.4. The Hall–Kier alpha value is -3.00. The SMILES string of the molecule is Fc1ccc(-n2cc(C#Cc3cnccn3)cn2)cc1. The topological polar surface area (TPSA) is 43.6 Å². The van der Waals surface area contributed by atoms with Crippen molar-refractivity contribution < 1.29 is 4.39 Å². The number of aromatic nitrogens is 4. The fraction of sp³-hybridized carbons (Fsp3) is 0. The van der Waals surface area contributed by atoms with E-state index in [0.717, 1.165) is 11.3 Å². The largest absolute Gasteiger partial charge is 0.260 e. The Morgan fingerprint density at radius 1 is 1.00 bits per heavy atom. The van der Waals surface area contributed by atoms with Gasteiger partial charge in [0.05, 0.1) is 23.6 Å². The summed E-state index contributed by atoms with van der Waals surface area (Å²) >= 11 is 0. The number of hydrogen-bond acceptors (Lipinski definition) is 3. The van der Waals surface area contributed by atoms with Gasteiger partial charge in [0.15, 0.2) is 0 Å². The van der Waals surface area contributed by atoms with E-state index >= 15 is 0 Å². The average molecular weight is 264 g/mol. The van der Waals surface area contributed by atoms with Crippen LogP contribution in [0.15, 0.2) is 55.2 Å². The molecule has 96 valence electrons. The molecule has 0 N–H and O–H groups in total. The molecule has 0 saturated heterocycles. The zero-order valence-electron chi connectivity index (χ0n) is 10.4. The highest BCUT2D eigenvalue weighted by atomic mass is 19.1. The van der Waals surface area contributed by atoms with Crippen LogP contribution in [-0.4, -0.2) is 19.7 Å². The molecule has 0 bridgehead atoms. The zero-order chi connectivity index (χ0) is 13.8. The van der Waals surface area contributed by atoms with E-state index in [9.17, 15) is 4.39 Å². The van der Waals surface area contributed by atoms with Crippen LogP contribution in [0.3, 0.4) is 0 Å². The predicted molar refractivity (Wildman–Crippen MR) is 71.5 cm³/mol. The summed E-state index contributed by atoms with van der Waals surface area (Å²) < 4.78 is 14.5. The quantitative estimate of drug-likeness (QED) is 0.633. The van der Waals surface area contributed by atoms with Crippen molar-refractivity contribution in [3.63, 3.8) is 0 Å². The van der Waals surface area contributed by atoms with Gasteiger partial charge in [0.1, 0.15) is 11.5 Å². The van der Waals surface area contributed by atoms with Gasteiger partial charge < -0.3 is 0 Å². The third-order valence-electron chi connectivity index (χ3n) is 2.57. The molecular formula is C15H9FN4. The van der Waals surface area contributed by atoms with Gasteiger partial charge in [-0.3, -0.25) is 4.98 Å². The molecule has 3 aromatic rings. The molecule has 0 radical (unpaired) electrons. The Labute approximate surface area is 114 Å². The number of benzene rings is 1. The van der Waals surface area contributed by atoms with Crippen LogP contribution in [0.5, 0.6) is 0 Å². The first-order valence-corrected chi connectivity index (χ1v) is 5.90. The van der Waals surface area contributed by atoms with Crippen molar-refractivity contribution in [3.8, 4) is 17.5 Å². The van der Waals surface area contributed by atoms with E-state index in [1.807, 2.05) is 0 Å². The third kappa shape index (κ3) is 2.70. The van der Waals surface area contributed by atoms with Crippen molar-refractivity contribution in [3.05, 3.63) is 72.3 Å². The number of rotatable bonds is 1. The first-order chi connectivity index (χ1) is 9.81. The predicted octanol–water partition coefficient (Wildman–Crippen LogP) is 2.20. The fourth-order valence-electron chi connectivity index (χ4n) is 1.62. The lowest BCUT2D eigenvalue weighted by molar-refractivity contribution is 0.627. The maximum absolute atomic E-state index is 12.9. The first kappa shape index (κ1) is 12.1. The van der Waals surface area contributed by atoms with E-state index in [1.54, 1.807) is 47.8 Å². The van der Waals surface area contributed by atoms with Crippen molar-refractivity contribution in [1.29, 1.82) is 0 Å². The van der Waals surface area contributed by atoms with Gasteiger partial charge in [0.2, 0.25) is 0 Å². The highest BCUT2D eigenvalue weighted by Gasteiger charge is 1.99. The minimum Gasteiger partial charge on any atom is -0.260 e. The Bertz CT molecular complexity index is 767. The fourth-order valence-corrected chi connectivity index (χ4v) is 1.62. The van der Waals surface area contributed by atoms with Crippen molar-refractivity contribution >= 4 is 0 Å². The smallest absolute Gasteiger partial charge is 0.131 e. The molecule has 3 rings (SSSR count). The molecule has 5 heteroatoms. The minimum absolute atomic E-state index is 0.274. The normalized spacial score (nSPS) is 9.85. The van der Waals surface area contributed by atoms with Crippen molar-refractivity contribution in [2.45, 2.75) is 0 Å². The lowest BCUT2D eigenvalue weighted by Crippen LogP contribution is -1.93. The van der Waals surface area contributed by atoms with Gasteiger partial charge in [-0.2, -0.15) is 5.10 Å². The summed E-state index contributed by atoms with van der Waals surface area (Å²) in [5.41, 5.74) is 2.13. The van der Waals surface area contributed by atoms with Crippen LogP contribution in [0, 0.1) is 17.7 Å². The Kier molecular flexibility index (Phi) is 3.21. The van der Waals surface area contributed by atoms with Crippen LogP contribution in [0.4, 0.5) is 4.39 Å². The van der Waals surface area contributed by atoms with Crippen LogP contribution in [0.25, 0.3) is 5.69 Å². The first-order valence-electron chi connectivity index (χ1n) is 5.90. The van der Waals surface area contributed by atoms with E-state index in [4.69, 9.17) is 0 Å². The summed E-state index contributed by atoms with van der Waals surface area (Å²) in [6.45, 7) is 0. The molecule has 0 unspecified atom stereocenters. The molecule has 0 aliphatic heterocycles. The summed E-state index contributed by atoms with van der Waals surface area (Å²) in [6, 6.07) is 6.09. The van der Waals surface area contributed by atoms with Crippen LogP contribution in [0.1, 0.15) is 11.3 Å². The van der Waals surface area contributed by atoms with Gasteiger partial charge in [-0.05, 0) is 30.2 Å². The molecule has 2 aromatic heterocycles. The van der Waals surface area contributed by atoms with Gasteiger partial charge in [-0.15, -0.1) is 0 Å². The summed E-state index contributed by atoms with van der Waals surface area (Å²) in [5, 5.41) is 4.18. The van der Waals surface area contributed by atoms with Crippen LogP contribution in [-0.2, 0) is 0 Å². The van der Waals surface area contributed by atoms with Crippen LogP contribution >= 0.6 is 0 Å². The summed E-state index contributed by atoms with van der Waals surface area (Å²) in [6.07, 6.45) is 8.20. The van der Waals surface area contributed by atoms with E-state index in [2.05, 4.69) is 26.9 Å². The maximum Gasteiger partial charge on any atom is 0.131 e. The molecule has 0 amide bonds. The number of nitrogens with zero attached hydrogens (tertiary/aromatic N) is 4. The highest BCUT2D eigenvalue weighted by Crippen LogP contribution is 2.09. The molecule has 0 atom stereocenters.